The maximum absolute atomic E-state index is 12.8. The Hall–Kier alpha value is -1.24. The lowest BCUT2D eigenvalue weighted by Crippen LogP contribution is -2.60. The van der Waals surface area contributed by atoms with Crippen molar-refractivity contribution in [3.63, 3.8) is 0 Å². The van der Waals surface area contributed by atoms with Crippen molar-refractivity contribution >= 4 is 30.9 Å². The van der Waals surface area contributed by atoms with Crippen molar-refractivity contribution in [2.24, 2.45) is 35.5 Å². The third kappa shape index (κ3) is 17.1. The first-order valence-corrected chi connectivity index (χ1v) is 37.7. The summed E-state index contributed by atoms with van der Waals surface area (Å²) >= 11 is 0. The lowest BCUT2D eigenvalue weighted by Gasteiger charge is -2.52. The van der Waals surface area contributed by atoms with E-state index in [0.717, 1.165) is 56.1 Å². The molecule has 10 nitrogen and oxygen atoms in total. The fourth-order valence-electron chi connectivity index (χ4n) is 10.8. The molecule has 0 aromatic heterocycles. The Morgan fingerprint density at radius 2 is 1.36 bits per heavy atom. The predicted octanol–water partition coefficient (Wildman–Crippen LogP) is 14.9. The first kappa shape index (κ1) is 65.3. The summed E-state index contributed by atoms with van der Waals surface area (Å²) in [5.41, 5.74) is 2.22. The summed E-state index contributed by atoms with van der Waals surface area (Å²) in [6, 6.07) is 0. The molecule has 0 saturated carbocycles. The molecule has 4 aliphatic rings. The molecular formula is C61H112O10Si3. The van der Waals surface area contributed by atoms with Crippen LogP contribution in [0.2, 0.25) is 54.4 Å². The van der Waals surface area contributed by atoms with Crippen LogP contribution in [0.5, 0.6) is 0 Å². The Morgan fingerprint density at radius 3 is 1.95 bits per heavy atom. The van der Waals surface area contributed by atoms with E-state index >= 15 is 0 Å². The van der Waals surface area contributed by atoms with E-state index in [1.165, 1.54) is 7.11 Å². The highest BCUT2D eigenvalue weighted by Crippen LogP contribution is 2.47. The van der Waals surface area contributed by atoms with E-state index in [0.29, 0.717) is 37.7 Å². The zero-order valence-electron chi connectivity index (χ0n) is 51.1. The molecule has 17 atom stereocenters. The normalized spacial score (nSPS) is 33.3. The highest BCUT2D eigenvalue weighted by atomic mass is 28.4. The molecule has 0 bridgehead atoms. The van der Waals surface area contributed by atoms with E-state index in [1.54, 1.807) is 0 Å². The van der Waals surface area contributed by atoms with E-state index in [2.05, 4.69) is 162 Å². The largest absolute Gasteiger partial charge is 0.469 e. The highest BCUT2D eigenvalue weighted by molar-refractivity contribution is 6.75. The van der Waals surface area contributed by atoms with Crippen molar-refractivity contribution in [2.75, 3.05) is 13.7 Å². The van der Waals surface area contributed by atoms with Crippen molar-refractivity contribution in [3.8, 4) is 0 Å². The minimum Gasteiger partial charge on any atom is -0.469 e. The number of methoxy groups -OCH3 is 1. The first-order chi connectivity index (χ1) is 33.9. The summed E-state index contributed by atoms with van der Waals surface area (Å²) < 4.78 is 54.0. The monoisotopic (exact) mass is 1090 g/mol. The van der Waals surface area contributed by atoms with Crippen LogP contribution in [0.3, 0.4) is 0 Å². The van der Waals surface area contributed by atoms with Gasteiger partial charge in [-0.15, -0.1) is 6.58 Å². The number of aliphatic hydroxyl groups is 1. The van der Waals surface area contributed by atoms with Gasteiger partial charge in [-0.25, -0.2) is 0 Å². The molecule has 4 fully saturated rings. The van der Waals surface area contributed by atoms with Crippen LogP contribution >= 0.6 is 0 Å². The number of esters is 1. The van der Waals surface area contributed by atoms with Gasteiger partial charge >= 0.3 is 5.97 Å². The highest BCUT2D eigenvalue weighted by Gasteiger charge is 2.52. The second kappa shape index (κ2) is 26.4. The summed E-state index contributed by atoms with van der Waals surface area (Å²) in [5, 5.41) is 11.8. The second-order valence-electron chi connectivity index (χ2n) is 28.4. The molecule has 0 aromatic rings. The molecule has 4 aliphatic heterocycles. The van der Waals surface area contributed by atoms with Crippen molar-refractivity contribution in [1.29, 1.82) is 0 Å². The zero-order valence-corrected chi connectivity index (χ0v) is 54.1. The molecule has 0 amide bonds. The van der Waals surface area contributed by atoms with Gasteiger partial charge in [0.1, 0.15) is 6.10 Å². The average molecular weight is 1090 g/mol. The first-order valence-electron chi connectivity index (χ1n) is 28.9. The molecule has 1 N–H and O–H groups in total. The maximum Gasteiger partial charge on any atom is 0.305 e. The van der Waals surface area contributed by atoms with E-state index < -0.39 is 37.2 Å². The molecule has 0 spiro atoms. The quantitative estimate of drug-likeness (QED) is 0.0570. The van der Waals surface area contributed by atoms with Gasteiger partial charge in [0.25, 0.3) is 0 Å². The lowest BCUT2D eigenvalue weighted by atomic mass is 9.79. The van der Waals surface area contributed by atoms with Crippen LogP contribution in [0.15, 0.2) is 49.1 Å². The number of rotatable bonds is 24. The summed E-state index contributed by atoms with van der Waals surface area (Å²) in [7, 11) is -4.90. The molecule has 13 heteroatoms. The smallest absolute Gasteiger partial charge is 0.305 e. The van der Waals surface area contributed by atoms with E-state index in [1.807, 2.05) is 12.2 Å². The van der Waals surface area contributed by atoms with Gasteiger partial charge in [0.2, 0.25) is 0 Å². The third-order valence-corrected chi connectivity index (χ3v) is 32.9. The van der Waals surface area contributed by atoms with Gasteiger partial charge in [-0.3, -0.25) is 4.79 Å². The Bertz CT molecular complexity index is 1860. The van der Waals surface area contributed by atoms with Crippen LogP contribution in [-0.2, 0) is 41.8 Å². The summed E-state index contributed by atoms with van der Waals surface area (Å²) in [5.74, 6) is 1.15. The predicted molar refractivity (Wildman–Crippen MR) is 313 cm³/mol. The number of ether oxygens (including phenoxy) is 5. The molecule has 4 heterocycles. The van der Waals surface area contributed by atoms with Gasteiger partial charge < -0.3 is 42.1 Å². The van der Waals surface area contributed by atoms with Crippen LogP contribution in [0.4, 0.5) is 0 Å². The molecule has 4 saturated heterocycles. The molecule has 4 rings (SSSR count). The van der Waals surface area contributed by atoms with Gasteiger partial charge in [-0.1, -0.05) is 128 Å². The summed E-state index contributed by atoms with van der Waals surface area (Å²) in [6.45, 7) is 59.5. The van der Waals surface area contributed by atoms with Crippen LogP contribution < -0.4 is 0 Å². The average Bonchev–Trinajstić information content (AvgIpc) is 3.78. The van der Waals surface area contributed by atoms with Crippen molar-refractivity contribution in [3.05, 3.63) is 49.1 Å². The third-order valence-electron chi connectivity index (χ3n) is 19.5. The Morgan fingerprint density at radius 1 is 0.757 bits per heavy atom. The molecule has 3 unspecified atom stereocenters. The molecule has 0 aliphatic carbocycles. The van der Waals surface area contributed by atoms with Gasteiger partial charge in [0.15, 0.2) is 25.0 Å². The molecule has 0 radical (unpaired) electrons. The van der Waals surface area contributed by atoms with Crippen LogP contribution in [-0.4, -0.2) is 117 Å². The van der Waals surface area contributed by atoms with Crippen LogP contribution in [0.1, 0.15) is 161 Å². The fraction of sp³-hybridized carbons (Fsp3) is 0.852. The van der Waals surface area contributed by atoms with E-state index in [4.69, 9.17) is 37.0 Å². The molecule has 74 heavy (non-hydrogen) atoms. The van der Waals surface area contributed by atoms with E-state index in [-0.39, 0.29) is 99.7 Å². The fourth-order valence-corrected chi connectivity index (χ4v) is 14.5. The minimum absolute atomic E-state index is 0.00114. The van der Waals surface area contributed by atoms with Crippen molar-refractivity contribution < 1.29 is 46.9 Å². The van der Waals surface area contributed by atoms with Gasteiger partial charge in [-0.05, 0) is 146 Å². The second-order valence-corrected chi connectivity index (χ2v) is 42.7. The topological polar surface area (TPSA) is 111 Å². The molecular weight excluding hydrogens is 977 g/mol. The number of hydrogen-bond acceptors (Lipinski definition) is 10. The Kier molecular flexibility index (Phi) is 23.3. The number of hydrogen-bond donors (Lipinski definition) is 1. The standard InChI is InChI=1S/C61H112O10Si3/c1-25-26-51-43(6)44(7)57(71-74(23,24)61(15,16)17)58(69-51)52(70-73(21,22)60(12,13)14)31-28-46(62)27-29-47-35-41(4)50(66-47)32-30-48-34-40(3)42(5)54(67-48)37-55-49(36-56(63)64-18)45(8)53(68-55)33-39(2)38-65-72(19,20)59(9,10)11/h25,28,31,39-40,43-55,57-58,62H,1,4-5,26-27,29-30,32-38H2,2-3,6-24H3/b31-28+/t39-,40+,43+,44-,45+,46?,47-,48-,49+,50?,51-,52-,53+,54+,55?,57-,58-/m0/s1. The number of carbonyl (C=O) groups excluding carboxylic acids is 1. The lowest BCUT2D eigenvalue weighted by molar-refractivity contribution is -0.184. The van der Waals surface area contributed by atoms with E-state index in [9.17, 15) is 9.90 Å². The summed E-state index contributed by atoms with van der Waals surface area (Å²) in [4.78, 5) is 12.8. The molecule has 0 aromatic carbocycles. The Balaban J connectivity index is 1.40. The van der Waals surface area contributed by atoms with Gasteiger partial charge in [0.05, 0.1) is 74.6 Å². The zero-order chi connectivity index (χ0) is 56.1. The maximum atomic E-state index is 12.8. The SMILES string of the molecule is C=CC[C@@H]1O[C@@H]([C@H](/C=C/C(O)CC[C@H]2CC(=C)C(CC[C@H]3C[C@@H](C)C(=C)[C@@H](CC4O[C@H](C[C@H](C)CO[Si](C)(C)C(C)(C)C)[C@H](C)[C@H]4CC(=O)OC)O3)O2)O[Si](C)(C)C(C)(C)C)[C@@H](O[Si](C)(C)C(C)(C)C)[C@@H](C)[C@H]1C. The Labute approximate surface area is 456 Å². The van der Waals surface area contributed by atoms with Gasteiger partial charge in [0, 0.05) is 18.9 Å². The van der Waals surface area contributed by atoms with Crippen LogP contribution in [0.25, 0.3) is 0 Å². The van der Waals surface area contributed by atoms with Crippen molar-refractivity contribution in [2.45, 2.75) is 283 Å². The van der Waals surface area contributed by atoms with Gasteiger partial charge in [-0.2, -0.15) is 0 Å². The number of aliphatic hydroxyl groups excluding tert-OH is 1. The minimum atomic E-state index is -2.30. The van der Waals surface area contributed by atoms with Crippen LogP contribution in [0, 0.1) is 35.5 Å². The number of carbonyl (C=O) groups is 1. The van der Waals surface area contributed by atoms with Crippen molar-refractivity contribution in [1.82, 2.24) is 0 Å². The molecule has 428 valence electrons. The summed E-state index contributed by atoms with van der Waals surface area (Å²) in [6.07, 6.45) is 11.4.